The van der Waals surface area contributed by atoms with E-state index in [9.17, 15) is 9.90 Å². The van der Waals surface area contributed by atoms with Crippen LogP contribution in [0.3, 0.4) is 0 Å². The maximum atomic E-state index is 12.8. The SMILES string of the molecule is C=C[C@@](C)(CC[C@@H](C)[C@H]1CC[C@H]2[C@@H]3CC[C@H]4C[C@@](C)(O)CC[C@]4(C)[C@H]3CC[C@]12C)OC(=O)c1ccccc1. The number of fused-ring (bicyclic) bond motifs is 5. The molecule has 0 heterocycles. The minimum Gasteiger partial charge on any atom is -0.452 e. The van der Waals surface area contributed by atoms with Crippen molar-refractivity contribution < 1.29 is 14.6 Å². The zero-order valence-electron chi connectivity index (χ0n) is 24.7. The van der Waals surface area contributed by atoms with Crippen LogP contribution in [-0.4, -0.2) is 22.3 Å². The summed E-state index contributed by atoms with van der Waals surface area (Å²) in [5, 5.41) is 10.8. The van der Waals surface area contributed by atoms with Crippen LogP contribution in [0.4, 0.5) is 0 Å². The van der Waals surface area contributed by atoms with E-state index in [0.29, 0.717) is 28.2 Å². The smallest absolute Gasteiger partial charge is 0.338 e. The van der Waals surface area contributed by atoms with E-state index in [1.807, 2.05) is 43.3 Å². The van der Waals surface area contributed by atoms with Gasteiger partial charge in [0.1, 0.15) is 5.60 Å². The van der Waals surface area contributed by atoms with Crippen molar-refractivity contribution >= 4 is 5.97 Å². The van der Waals surface area contributed by atoms with Gasteiger partial charge < -0.3 is 9.84 Å². The monoisotopic (exact) mass is 520 g/mol. The molecule has 0 spiro atoms. The third kappa shape index (κ3) is 4.91. The molecule has 3 heteroatoms. The summed E-state index contributed by atoms with van der Waals surface area (Å²) in [6.07, 6.45) is 15.0. The fraction of sp³-hybridized carbons (Fsp3) is 0.743. The molecule has 0 aliphatic heterocycles. The van der Waals surface area contributed by atoms with Crippen molar-refractivity contribution in [3.63, 3.8) is 0 Å². The quantitative estimate of drug-likeness (QED) is 0.289. The van der Waals surface area contributed by atoms with Crippen LogP contribution in [0.15, 0.2) is 43.0 Å². The molecule has 0 aromatic heterocycles. The molecule has 0 amide bonds. The zero-order valence-corrected chi connectivity index (χ0v) is 24.7. The first kappa shape index (κ1) is 27.9. The van der Waals surface area contributed by atoms with Gasteiger partial charge in [0.15, 0.2) is 0 Å². The number of hydrogen-bond acceptors (Lipinski definition) is 3. The minimum absolute atomic E-state index is 0.264. The maximum Gasteiger partial charge on any atom is 0.338 e. The second-order valence-electron chi connectivity index (χ2n) is 14.9. The number of hydrogen-bond donors (Lipinski definition) is 1. The molecule has 5 rings (SSSR count). The highest BCUT2D eigenvalue weighted by Gasteiger charge is 2.61. The van der Waals surface area contributed by atoms with Gasteiger partial charge in [0.2, 0.25) is 0 Å². The van der Waals surface area contributed by atoms with E-state index in [2.05, 4.69) is 34.3 Å². The molecule has 210 valence electrons. The molecular formula is C35H52O3. The first-order valence-corrected chi connectivity index (χ1v) is 15.6. The molecule has 1 aromatic rings. The molecule has 3 nitrogen and oxygen atoms in total. The summed E-state index contributed by atoms with van der Waals surface area (Å²) in [4.78, 5) is 12.8. The highest BCUT2D eigenvalue weighted by molar-refractivity contribution is 5.89. The van der Waals surface area contributed by atoms with Crippen molar-refractivity contribution in [1.82, 2.24) is 0 Å². The number of benzene rings is 1. The third-order valence-electron chi connectivity index (χ3n) is 12.6. The summed E-state index contributed by atoms with van der Waals surface area (Å²) in [6.45, 7) is 15.8. The lowest BCUT2D eigenvalue weighted by Gasteiger charge is -2.62. The van der Waals surface area contributed by atoms with Crippen LogP contribution in [-0.2, 0) is 4.74 Å². The van der Waals surface area contributed by atoms with Crippen LogP contribution in [0.25, 0.3) is 0 Å². The predicted octanol–water partition coefficient (Wildman–Crippen LogP) is 8.61. The Morgan fingerprint density at radius 3 is 2.47 bits per heavy atom. The Kier molecular flexibility index (Phi) is 7.42. The molecule has 0 unspecified atom stereocenters. The van der Waals surface area contributed by atoms with Crippen molar-refractivity contribution in [3.8, 4) is 0 Å². The summed E-state index contributed by atoms with van der Waals surface area (Å²) in [7, 11) is 0. The van der Waals surface area contributed by atoms with E-state index in [0.717, 1.165) is 49.4 Å². The van der Waals surface area contributed by atoms with Gasteiger partial charge in [-0.3, -0.25) is 0 Å². The van der Waals surface area contributed by atoms with Gasteiger partial charge in [-0.15, -0.1) is 0 Å². The second-order valence-corrected chi connectivity index (χ2v) is 14.9. The minimum atomic E-state index is -0.646. The summed E-state index contributed by atoms with van der Waals surface area (Å²) >= 11 is 0. The fourth-order valence-corrected chi connectivity index (χ4v) is 10.2. The Bertz CT molecular complexity index is 1020. The van der Waals surface area contributed by atoms with E-state index in [1.54, 1.807) is 0 Å². The average molecular weight is 521 g/mol. The van der Waals surface area contributed by atoms with E-state index in [-0.39, 0.29) is 5.97 Å². The normalized spacial score (nSPS) is 42.6. The lowest BCUT2D eigenvalue weighted by molar-refractivity contribution is -0.148. The van der Waals surface area contributed by atoms with E-state index in [1.165, 1.54) is 44.9 Å². The highest BCUT2D eigenvalue weighted by atomic mass is 16.6. The zero-order chi connectivity index (χ0) is 27.3. The molecular weight excluding hydrogens is 468 g/mol. The largest absolute Gasteiger partial charge is 0.452 e. The Hall–Kier alpha value is -1.61. The van der Waals surface area contributed by atoms with Crippen LogP contribution >= 0.6 is 0 Å². The Morgan fingerprint density at radius 2 is 1.76 bits per heavy atom. The summed E-state index contributed by atoms with van der Waals surface area (Å²) in [5.41, 5.74) is 0.345. The number of ether oxygens (including phenoxy) is 1. The van der Waals surface area contributed by atoms with Crippen molar-refractivity contribution in [2.45, 2.75) is 116 Å². The van der Waals surface area contributed by atoms with Crippen molar-refractivity contribution in [2.75, 3.05) is 0 Å². The van der Waals surface area contributed by atoms with Gasteiger partial charge >= 0.3 is 5.97 Å². The Labute approximate surface area is 231 Å². The Balaban J connectivity index is 1.23. The molecule has 1 aromatic carbocycles. The fourth-order valence-electron chi connectivity index (χ4n) is 10.2. The van der Waals surface area contributed by atoms with Gasteiger partial charge in [-0.05, 0) is 149 Å². The van der Waals surface area contributed by atoms with Crippen LogP contribution in [0.2, 0.25) is 0 Å². The van der Waals surface area contributed by atoms with Gasteiger partial charge in [0.05, 0.1) is 11.2 Å². The number of carbonyl (C=O) groups excluding carboxylic acids is 1. The summed E-state index contributed by atoms with van der Waals surface area (Å²) in [6, 6.07) is 9.29. The van der Waals surface area contributed by atoms with Gasteiger partial charge in [-0.25, -0.2) is 4.79 Å². The molecule has 0 bridgehead atoms. The van der Waals surface area contributed by atoms with Crippen molar-refractivity contribution in [1.29, 1.82) is 0 Å². The molecule has 0 saturated heterocycles. The van der Waals surface area contributed by atoms with Crippen molar-refractivity contribution in [3.05, 3.63) is 48.6 Å². The first-order chi connectivity index (χ1) is 17.9. The van der Waals surface area contributed by atoms with Gasteiger partial charge in [-0.1, -0.05) is 45.5 Å². The number of esters is 1. The lowest BCUT2D eigenvalue weighted by atomic mass is 9.43. The average Bonchev–Trinajstić information content (AvgIpc) is 3.25. The van der Waals surface area contributed by atoms with E-state index in [4.69, 9.17) is 4.74 Å². The molecule has 1 N–H and O–H groups in total. The topological polar surface area (TPSA) is 46.5 Å². The molecule has 10 atom stereocenters. The highest BCUT2D eigenvalue weighted by Crippen LogP contribution is 2.69. The number of carbonyl (C=O) groups is 1. The van der Waals surface area contributed by atoms with Crippen LogP contribution < -0.4 is 0 Å². The van der Waals surface area contributed by atoms with Gasteiger partial charge in [-0.2, -0.15) is 0 Å². The first-order valence-electron chi connectivity index (χ1n) is 15.6. The number of rotatable bonds is 7. The molecule has 38 heavy (non-hydrogen) atoms. The van der Waals surface area contributed by atoms with Crippen LogP contribution in [0, 0.1) is 46.3 Å². The standard InChI is InChI=1S/C35H52O3/c1-7-33(4,38-31(36)25-11-9-8-10-12-25)19-17-24(2)28-15-16-29-27-14-13-26-23-32(3,37)21-22-34(26,5)30(27)18-20-35(28,29)6/h7-12,24,26-30,37H,1,13-23H2,2-6H3/t24-,26+,27+,28-,29+,30+,32+,33+,34+,35-/m1/s1. The second kappa shape index (κ2) is 10.1. The number of aliphatic hydroxyl groups is 1. The van der Waals surface area contributed by atoms with Crippen LogP contribution in [0.1, 0.15) is 116 Å². The van der Waals surface area contributed by atoms with Gasteiger partial charge in [0, 0.05) is 0 Å². The third-order valence-corrected chi connectivity index (χ3v) is 12.6. The van der Waals surface area contributed by atoms with Crippen molar-refractivity contribution in [2.24, 2.45) is 46.3 Å². The lowest BCUT2D eigenvalue weighted by Crippen LogP contribution is -2.55. The summed E-state index contributed by atoms with van der Waals surface area (Å²) < 4.78 is 5.99. The molecule has 0 radical (unpaired) electrons. The Morgan fingerprint density at radius 1 is 1.05 bits per heavy atom. The molecule has 4 saturated carbocycles. The molecule has 4 aliphatic carbocycles. The van der Waals surface area contributed by atoms with E-state index < -0.39 is 11.2 Å². The maximum absolute atomic E-state index is 12.8. The summed E-state index contributed by atoms with van der Waals surface area (Å²) in [5.74, 6) is 4.32. The van der Waals surface area contributed by atoms with E-state index >= 15 is 0 Å². The van der Waals surface area contributed by atoms with Gasteiger partial charge in [0.25, 0.3) is 0 Å². The molecule has 4 fully saturated rings. The predicted molar refractivity (Wildman–Crippen MR) is 155 cm³/mol. The molecule has 4 aliphatic rings. The van der Waals surface area contributed by atoms with Crippen LogP contribution in [0.5, 0.6) is 0 Å².